The van der Waals surface area contributed by atoms with Crippen molar-refractivity contribution in [3.63, 3.8) is 0 Å². The third-order valence-electron chi connectivity index (χ3n) is 2.90. The Morgan fingerprint density at radius 2 is 2.00 bits per heavy atom. The number of nitrogens with one attached hydrogen (secondary N) is 3. The van der Waals surface area contributed by atoms with Crippen molar-refractivity contribution < 1.29 is 13.2 Å². The Kier molecular flexibility index (Phi) is 4.05. The standard InChI is InChI=1S/C12H15N5O3S/c1-7-8(2)16-12(15-7)17-11(18)9-4-5-10(14-6-9)21(19,20)13-3/h4-6,13H,1-3H3,(H2,15,16,17,18). The van der Waals surface area contributed by atoms with Crippen LogP contribution in [0.1, 0.15) is 21.7 Å². The molecule has 9 heteroatoms. The van der Waals surface area contributed by atoms with Crippen LogP contribution in [0.25, 0.3) is 0 Å². The summed E-state index contributed by atoms with van der Waals surface area (Å²) in [6.45, 7) is 3.66. The van der Waals surface area contributed by atoms with Gasteiger partial charge in [0.05, 0.1) is 11.3 Å². The van der Waals surface area contributed by atoms with Crippen molar-refractivity contribution in [2.75, 3.05) is 12.4 Å². The number of imidazole rings is 1. The molecule has 0 atom stereocenters. The maximum Gasteiger partial charge on any atom is 0.259 e. The molecule has 0 saturated heterocycles. The van der Waals surface area contributed by atoms with Crippen molar-refractivity contribution >= 4 is 21.9 Å². The third kappa shape index (κ3) is 3.26. The highest BCUT2D eigenvalue weighted by Crippen LogP contribution is 2.10. The second kappa shape index (κ2) is 5.62. The van der Waals surface area contributed by atoms with Crippen molar-refractivity contribution in [3.8, 4) is 0 Å². The summed E-state index contributed by atoms with van der Waals surface area (Å²) in [5.74, 6) is -0.0911. The molecule has 1 amide bonds. The lowest BCUT2D eigenvalue weighted by molar-refractivity contribution is 0.102. The first-order valence-corrected chi connectivity index (χ1v) is 7.56. The van der Waals surface area contributed by atoms with E-state index < -0.39 is 15.9 Å². The van der Waals surface area contributed by atoms with Crippen LogP contribution in [0.15, 0.2) is 23.4 Å². The second-order valence-corrected chi connectivity index (χ2v) is 6.18. The molecule has 2 aromatic rings. The summed E-state index contributed by atoms with van der Waals surface area (Å²) in [6.07, 6.45) is 1.20. The second-order valence-electron chi connectivity index (χ2n) is 4.34. The number of hydrogen-bond acceptors (Lipinski definition) is 5. The SMILES string of the molecule is CNS(=O)(=O)c1ccc(C(=O)Nc2nc(C)c(C)[nH]2)cn1. The number of H-pyrrole nitrogens is 1. The van der Waals surface area contributed by atoms with E-state index in [1.807, 2.05) is 13.8 Å². The monoisotopic (exact) mass is 309 g/mol. The van der Waals surface area contributed by atoms with E-state index in [0.29, 0.717) is 5.95 Å². The van der Waals surface area contributed by atoms with Crippen molar-refractivity contribution in [2.45, 2.75) is 18.9 Å². The molecule has 21 heavy (non-hydrogen) atoms. The number of amides is 1. The van der Waals surface area contributed by atoms with Gasteiger partial charge in [-0.2, -0.15) is 0 Å². The van der Waals surface area contributed by atoms with Gasteiger partial charge in [0.25, 0.3) is 15.9 Å². The van der Waals surface area contributed by atoms with Crippen molar-refractivity contribution in [1.29, 1.82) is 0 Å². The third-order valence-corrected chi connectivity index (χ3v) is 4.23. The van der Waals surface area contributed by atoms with E-state index in [0.717, 1.165) is 11.4 Å². The fourth-order valence-electron chi connectivity index (χ4n) is 1.56. The largest absolute Gasteiger partial charge is 0.328 e. The summed E-state index contributed by atoms with van der Waals surface area (Å²) in [4.78, 5) is 22.8. The van der Waals surface area contributed by atoms with Crippen LogP contribution in [0.3, 0.4) is 0 Å². The summed E-state index contributed by atoms with van der Waals surface area (Å²) in [5.41, 5.74) is 1.88. The number of hydrogen-bond donors (Lipinski definition) is 3. The highest BCUT2D eigenvalue weighted by atomic mass is 32.2. The lowest BCUT2D eigenvalue weighted by atomic mass is 10.3. The highest BCUT2D eigenvalue weighted by molar-refractivity contribution is 7.89. The molecule has 3 N–H and O–H groups in total. The van der Waals surface area contributed by atoms with Crippen molar-refractivity contribution in [2.24, 2.45) is 0 Å². The Labute approximate surface area is 122 Å². The van der Waals surface area contributed by atoms with E-state index in [9.17, 15) is 13.2 Å². The molecule has 0 aromatic carbocycles. The number of nitrogens with zero attached hydrogens (tertiary/aromatic N) is 2. The molecule has 0 spiro atoms. The fraction of sp³-hybridized carbons (Fsp3) is 0.250. The van der Waals surface area contributed by atoms with Crippen LogP contribution in [-0.2, 0) is 10.0 Å². The fourth-order valence-corrected chi connectivity index (χ4v) is 2.21. The van der Waals surface area contributed by atoms with Crippen LogP contribution in [0.2, 0.25) is 0 Å². The van der Waals surface area contributed by atoms with Gasteiger partial charge in [0.1, 0.15) is 0 Å². The number of sulfonamides is 1. The van der Waals surface area contributed by atoms with E-state index in [2.05, 4.69) is 25.0 Å². The molecule has 112 valence electrons. The molecule has 0 unspecified atom stereocenters. The molecule has 0 saturated carbocycles. The molecule has 2 aromatic heterocycles. The molecule has 0 radical (unpaired) electrons. The number of aromatic amines is 1. The zero-order valence-corrected chi connectivity index (χ0v) is 12.6. The van der Waals surface area contributed by atoms with E-state index in [4.69, 9.17) is 0 Å². The maximum atomic E-state index is 12.0. The van der Waals surface area contributed by atoms with Crippen LogP contribution >= 0.6 is 0 Å². The predicted molar refractivity (Wildman–Crippen MR) is 76.5 cm³/mol. The van der Waals surface area contributed by atoms with Crippen molar-refractivity contribution in [3.05, 3.63) is 35.3 Å². The molecule has 8 nitrogen and oxygen atoms in total. The van der Waals surface area contributed by atoms with Crippen molar-refractivity contribution in [1.82, 2.24) is 19.7 Å². The summed E-state index contributed by atoms with van der Waals surface area (Å²) < 4.78 is 25.2. The number of pyridine rings is 1. The summed E-state index contributed by atoms with van der Waals surface area (Å²) in [7, 11) is -2.32. The summed E-state index contributed by atoms with van der Waals surface area (Å²) >= 11 is 0. The summed E-state index contributed by atoms with van der Waals surface area (Å²) in [5, 5.41) is 2.43. The van der Waals surface area contributed by atoms with Gasteiger partial charge >= 0.3 is 0 Å². The van der Waals surface area contributed by atoms with Crippen LogP contribution in [-0.4, -0.2) is 36.3 Å². The molecular formula is C12H15N5O3S. The smallest absolute Gasteiger partial charge is 0.259 e. The number of rotatable bonds is 4. The number of carbonyl (C=O) groups excluding carboxylic acids is 1. The predicted octanol–water partition coefficient (Wildman–Crippen LogP) is 0.582. The first-order chi connectivity index (χ1) is 9.83. The van der Waals surface area contributed by atoms with E-state index in [1.165, 1.54) is 25.4 Å². The molecule has 0 aliphatic heterocycles. The Morgan fingerprint density at radius 3 is 2.48 bits per heavy atom. The molecule has 2 rings (SSSR count). The molecular weight excluding hydrogens is 294 g/mol. The Bertz CT molecular complexity index is 745. The number of aryl methyl sites for hydroxylation is 2. The minimum absolute atomic E-state index is 0.147. The molecule has 0 bridgehead atoms. The number of carbonyl (C=O) groups is 1. The Hall–Kier alpha value is -2.26. The minimum atomic E-state index is -3.61. The average molecular weight is 309 g/mol. The average Bonchev–Trinajstić information content (AvgIpc) is 2.77. The molecule has 0 aliphatic carbocycles. The van der Waals surface area contributed by atoms with Gasteiger partial charge in [0.15, 0.2) is 5.03 Å². The van der Waals surface area contributed by atoms with Gasteiger partial charge < -0.3 is 4.98 Å². The van der Waals surface area contributed by atoms with Gasteiger partial charge in [0.2, 0.25) is 5.95 Å². The first kappa shape index (κ1) is 15.1. The van der Waals surface area contributed by atoms with Gasteiger partial charge in [0, 0.05) is 11.9 Å². The normalized spacial score (nSPS) is 11.4. The summed E-state index contributed by atoms with van der Waals surface area (Å²) in [6, 6.07) is 2.65. The van der Waals surface area contributed by atoms with E-state index >= 15 is 0 Å². The van der Waals surface area contributed by atoms with Crippen LogP contribution in [0.5, 0.6) is 0 Å². The van der Waals surface area contributed by atoms with Gasteiger partial charge in [-0.25, -0.2) is 23.1 Å². The molecule has 0 aliphatic rings. The van der Waals surface area contributed by atoms with E-state index in [-0.39, 0.29) is 10.6 Å². The van der Waals surface area contributed by atoms with E-state index in [1.54, 1.807) is 0 Å². The highest BCUT2D eigenvalue weighted by Gasteiger charge is 2.15. The molecule has 0 fully saturated rings. The van der Waals surface area contributed by atoms with Gasteiger partial charge in [-0.15, -0.1) is 0 Å². The first-order valence-electron chi connectivity index (χ1n) is 6.07. The topological polar surface area (TPSA) is 117 Å². The van der Waals surface area contributed by atoms with Gasteiger partial charge in [-0.1, -0.05) is 0 Å². The number of anilines is 1. The quantitative estimate of drug-likeness (QED) is 0.764. The maximum absolute atomic E-state index is 12.0. The lowest BCUT2D eigenvalue weighted by Gasteiger charge is -2.04. The van der Waals surface area contributed by atoms with Crippen LogP contribution < -0.4 is 10.0 Å². The minimum Gasteiger partial charge on any atom is -0.328 e. The van der Waals surface area contributed by atoms with Gasteiger partial charge in [-0.3, -0.25) is 10.1 Å². The van der Waals surface area contributed by atoms with Crippen LogP contribution in [0, 0.1) is 13.8 Å². The Morgan fingerprint density at radius 1 is 1.29 bits per heavy atom. The zero-order chi connectivity index (χ0) is 15.6. The Balaban J connectivity index is 2.17. The lowest BCUT2D eigenvalue weighted by Crippen LogP contribution is -2.20. The zero-order valence-electron chi connectivity index (χ0n) is 11.8. The number of aromatic nitrogens is 3. The molecule has 2 heterocycles. The van der Waals surface area contributed by atoms with Crippen LogP contribution in [0.4, 0.5) is 5.95 Å². The van der Waals surface area contributed by atoms with Gasteiger partial charge in [-0.05, 0) is 33.0 Å².